The number of hydrogen-bond acceptors (Lipinski definition) is 1. The minimum atomic E-state index is 0.0291. The van der Waals surface area contributed by atoms with E-state index in [9.17, 15) is 5.11 Å². The normalized spacial score (nSPS) is 11.4. The van der Waals surface area contributed by atoms with Crippen LogP contribution in [0.3, 0.4) is 0 Å². The van der Waals surface area contributed by atoms with Gasteiger partial charge in [-0.05, 0) is 61.1 Å². The monoisotopic (exact) mass is 334 g/mol. The second kappa shape index (κ2) is 5.98. The van der Waals surface area contributed by atoms with Crippen molar-refractivity contribution in [1.82, 2.24) is 0 Å². The van der Waals surface area contributed by atoms with Gasteiger partial charge in [-0.2, -0.15) is 0 Å². The van der Waals surface area contributed by atoms with Crippen molar-refractivity contribution in [3.8, 4) is 11.1 Å². The molecule has 5 aromatic carbocycles. The van der Waals surface area contributed by atoms with Gasteiger partial charge >= 0.3 is 0 Å². The maximum absolute atomic E-state index is 10.0. The van der Waals surface area contributed by atoms with Gasteiger partial charge in [-0.25, -0.2) is 0 Å². The van der Waals surface area contributed by atoms with E-state index in [-0.39, 0.29) is 6.61 Å². The molecular weight excluding hydrogens is 316 g/mol. The van der Waals surface area contributed by atoms with E-state index in [1.54, 1.807) is 0 Å². The summed E-state index contributed by atoms with van der Waals surface area (Å²) in [6.07, 6.45) is 0. The van der Waals surface area contributed by atoms with Crippen LogP contribution < -0.4 is 0 Å². The molecule has 0 unspecified atom stereocenters. The quantitative estimate of drug-likeness (QED) is 0.375. The molecule has 0 aliphatic carbocycles. The lowest BCUT2D eigenvalue weighted by Gasteiger charge is -2.15. The number of hydrogen-bond donors (Lipinski definition) is 1. The van der Waals surface area contributed by atoms with Crippen LogP contribution in [0.5, 0.6) is 0 Å². The van der Waals surface area contributed by atoms with E-state index < -0.39 is 0 Å². The summed E-state index contributed by atoms with van der Waals surface area (Å²) in [4.78, 5) is 0. The van der Waals surface area contributed by atoms with Crippen molar-refractivity contribution in [2.24, 2.45) is 0 Å². The maximum atomic E-state index is 10.0. The molecule has 0 aliphatic heterocycles. The van der Waals surface area contributed by atoms with Gasteiger partial charge in [0.05, 0.1) is 6.61 Å². The lowest BCUT2D eigenvalue weighted by Crippen LogP contribution is -1.92. The first kappa shape index (κ1) is 15.1. The van der Waals surface area contributed by atoms with E-state index in [0.29, 0.717) is 0 Å². The van der Waals surface area contributed by atoms with Crippen LogP contribution >= 0.6 is 0 Å². The number of aliphatic hydroxyl groups excluding tert-OH is 1. The minimum absolute atomic E-state index is 0.0291. The van der Waals surface area contributed by atoms with Gasteiger partial charge in [-0.15, -0.1) is 0 Å². The fourth-order valence-electron chi connectivity index (χ4n) is 4.01. The Hall–Kier alpha value is -3.16. The third kappa shape index (κ3) is 2.22. The molecule has 0 amide bonds. The van der Waals surface area contributed by atoms with Crippen LogP contribution in [0.15, 0.2) is 91.0 Å². The molecule has 1 N–H and O–H groups in total. The summed E-state index contributed by atoms with van der Waals surface area (Å²) in [6.45, 7) is 0.0291. The van der Waals surface area contributed by atoms with Crippen molar-refractivity contribution >= 4 is 32.3 Å². The van der Waals surface area contributed by atoms with Crippen molar-refractivity contribution in [1.29, 1.82) is 0 Å². The first-order valence-electron chi connectivity index (χ1n) is 8.89. The highest BCUT2D eigenvalue weighted by molar-refractivity contribution is 6.25. The largest absolute Gasteiger partial charge is 0.392 e. The first-order chi connectivity index (χ1) is 12.9. The fourth-order valence-corrected chi connectivity index (χ4v) is 4.01. The summed E-state index contributed by atoms with van der Waals surface area (Å²) in [5, 5.41) is 17.5. The Kier molecular flexibility index (Phi) is 3.48. The second-order valence-corrected chi connectivity index (χ2v) is 6.67. The van der Waals surface area contributed by atoms with E-state index in [1.807, 2.05) is 18.2 Å². The SMILES string of the molecule is OCc1cc2c3ccccc3c3ccccc3c2cc1-c1ccccc1. The van der Waals surface area contributed by atoms with E-state index in [2.05, 4.69) is 72.8 Å². The van der Waals surface area contributed by atoms with Crippen molar-refractivity contribution in [2.45, 2.75) is 6.61 Å². The predicted molar refractivity (Wildman–Crippen MR) is 110 cm³/mol. The molecule has 0 heterocycles. The molecule has 0 fully saturated rings. The van der Waals surface area contributed by atoms with Crippen LogP contribution in [0, 0.1) is 0 Å². The standard InChI is InChI=1S/C25H18O/c26-16-18-14-24-21-12-6-4-10-19(21)20-11-5-7-13-22(20)25(24)15-23(18)17-8-2-1-3-9-17/h1-15,26H,16H2. The Bertz CT molecular complexity index is 1250. The minimum Gasteiger partial charge on any atom is -0.392 e. The summed E-state index contributed by atoms with van der Waals surface area (Å²) in [5.74, 6) is 0. The fraction of sp³-hybridized carbons (Fsp3) is 0.0400. The Balaban J connectivity index is 2.00. The van der Waals surface area contributed by atoms with E-state index >= 15 is 0 Å². The number of benzene rings is 5. The van der Waals surface area contributed by atoms with E-state index in [1.165, 1.54) is 32.3 Å². The predicted octanol–water partition coefficient (Wildman–Crippen LogP) is 6.31. The van der Waals surface area contributed by atoms with Crippen LogP contribution in [0.4, 0.5) is 0 Å². The molecule has 5 rings (SSSR count). The topological polar surface area (TPSA) is 20.2 Å². The molecule has 0 atom stereocenters. The molecule has 0 aliphatic rings. The molecule has 0 saturated heterocycles. The number of rotatable bonds is 2. The molecule has 1 heteroatoms. The van der Waals surface area contributed by atoms with E-state index in [0.717, 1.165) is 16.7 Å². The van der Waals surface area contributed by atoms with Gasteiger partial charge in [-0.3, -0.25) is 0 Å². The summed E-state index contributed by atoms with van der Waals surface area (Å²) >= 11 is 0. The van der Waals surface area contributed by atoms with Crippen molar-refractivity contribution in [2.75, 3.05) is 0 Å². The summed E-state index contributed by atoms with van der Waals surface area (Å²) in [5.41, 5.74) is 3.20. The first-order valence-corrected chi connectivity index (χ1v) is 8.89. The van der Waals surface area contributed by atoms with Crippen LogP contribution in [0.25, 0.3) is 43.4 Å². The maximum Gasteiger partial charge on any atom is 0.0688 e. The third-order valence-electron chi connectivity index (χ3n) is 5.22. The third-order valence-corrected chi connectivity index (χ3v) is 5.22. The van der Waals surface area contributed by atoms with Gasteiger partial charge in [-0.1, -0.05) is 78.9 Å². The second-order valence-electron chi connectivity index (χ2n) is 6.67. The van der Waals surface area contributed by atoms with Crippen LogP contribution in [-0.4, -0.2) is 5.11 Å². The number of fused-ring (bicyclic) bond motifs is 6. The zero-order valence-electron chi connectivity index (χ0n) is 14.3. The molecule has 0 saturated carbocycles. The Morgan fingerprint density at radius 1 is 0.500 bits per heavy atom. The zero-order chi connectivity index (χ0) is 17.5. The molecular formula is C25H18O. The molecule has 26 heavy (non-hydrogen) atoms. The average molecular weight is 334 g/mol. The lowest BCUT2D eigenvalue weighted by molar-refractivity contribution is 0.282. The molecule has 0 bridgehead atoms. The van der Waals surface area contributed by atoms with Crippen LogP contribution in [-0.2, 0) is 6.61 Å². The van der Waals surface area contributed by atoms with Crippen molar-refractivity contribution < 1.29 is 5.11 Å². The smallest absolute Gasteiger partial charge is 0.0688 e. The van der Waals surface area contributed by atoms with Gasteiger partial charge in [0.15, 0.2) is 0 Å². The lowest BCUT2D eigenvalue weighted by atomic mass is 9.89. The molecule has 0 aromatic heterocycles. The van der Waals surface area contributed by atoms with E-state index in [4.69, 9.17) is 0 Å². The Morgan fingerprint density at radius 2 is 0.962 bits per heavy atom. The highest BCUT2D eigenvalue weighted by Gasteiger charge is 2.12. The highest BCUT2D eigenvalue weighted by Crippen LogP contribution is 2.38. The molecule has 0 spiro atoms. The molecule has 5 aromatic rings. The molecule has 124 valence electrons. The van der Waals surface area contributed by atoms with Gasteiger partial charge in [0, 0.05) is 0 Å². The van der Waals surface area contributed by atoms with Gasteiger partial charge in [0.1, 0.15) is 0 Å². The highest BCUT2D eigenvalue weighted by atomic mass is 16.3. The molecule has 0 radical (unpaired) electrons. The Labute approximate surface area is 152 Å². The number of aliphatic hydroxyl groups is 1. The van der Waals surface area contributed by atoms with Gasteiger partial charge in [0.25, 0.3) is 0 Å². The van der Waals surface area contributed by atoms with Crippen LogP contribution in [0.1, 0.15) is 5.56 Å². The van der Waals surface area contributed by atoms with Gasteiger partial charge in [0.2, 0.25) is 0 Å². The summed E-state index contributed by atoms with van der Waals surface area (Å²) in [7, 11) is 0. The summed E-state index contributed by atoms with van der Waals surface area (Å²) < 4.78 is 0. The van der Waals surface area contributed by atoms with Crippen LogP contribution in [0.2, 0.25) is 0 Å². The Morgan fingerprint density at radius 3 is 1.50 bits per heavy atom. The summed E-state index contributed by atoms with van der Waals surface area (Å²) in [6, 6.07) is 31.8. The van der Waals surface area contributed by atoms with Crippen molar-refractivity contribution in [3.63, 3.8) is 0 Å². The van der Waals surface area contributed by atoms with Crippen molar-refractivity contribution in [3.05, 3.63) is 96.6 Å². The molecule has 1 nitrogen and oxygen atoms in total. The van der Waals surface area contributed by atoms with Gasteiger partial charge < -0.3 is 5.11 Å². The average Bonchev–Trinajstić information content (AvgIpc) is 2.73. The zero-order valence-corrected chi connectivity index (χ0v) is 14.3.